The van der Waals surface area contributed by atoms with Gasteiger partial charge < -0.3 is 5.32 Å². The van der Waals surface area contributed by atoms with Gasteiger partial charge in [0.05, 0.1) is 17.6 Å². The third-order valence-electron chi connectivity index (χ3n) is 2.29. The van der Waals surface area contributed by atoms with Gasteiger partial charge in [0.15, 0.2) is 0 Å². The summed E-state index contributed by atoms with van der Waals surface area (Å²) in [6, 6.07) is 6.49. The number of benzene rings is 1. The van der Waals surface area contributed by atoms with Crippen molar-refractivity contribution in [3.63, 3.8) is 0 Å². The van der Waals surface area contributed by atoms with Crippen LogP contribution in [-0.4, -0.2) is 21.0 Å². The van der Waals surface area contributed by atoms with E-state index in [1.165, 1.54) is 16.9 Å². The van der Waals surface area contributed by atoms with Crippen molar-refractivity contribution in [2.75, 3.05) is 0 Å². The number of rotatable bonds is 4. The molecule has 2 aromatic rings. The Bertz CT molecular complexity index is 476. The molecule has 0 saturated heterocycles. The van der Waals surface area contributed by atoms with Crippen molar-refractivity contribution in [3.05, 3.63) is 42.0 Å². The summed E-state index contributed by atoms with van der Waals surface area (Å²) in [6.07, 6.45) is 1.71. The van der Waals surface area contributed by atoms with E-state index in [4.69, 9.17) is 0 Å². The van der Waals surface area contributed by atoms with Gasteiger partial charge in [-0.3, -0.25) is 0 Å². The molecule has 0 spiro atoms. The Kier molecular flexibility index (Phi) is 3.49. The minimum absolute atomic E-state index is 0.261. The summed E-state index contributed by atoms with van der Waals surface area (Å²) in [5.41, 5.74) is 1.62. The van der Waals surface area contributed by atoms with Crippen LogP contribution in [0.5, 0.6) is 0 Å². The van der Waals surface area contributed by atoms with Gasteiger partial charge in [-0.15, -0.1) is 0 Å². The number of hydrogen-bond donors (Lipinski definition) is 1. The van der Waals surface area contributed by atoms with Crippen molar-refractivity contribution in [2.24, 2.45) is 0 Å². The average Bonchev–Trinajstić information content (AvgIpc) is 2.76. The Morgan fingerprint density at radius 2 is 2.00 bits per heavy atom. The van der Waals surface area contributed by atoms with Gasteiger partial charge >= 0.3 is 0 Å². The first-order valence-corrected chi connectivity index (χ1v) is 5.55. The van der Waals surface area contributed by atoms with Crippen molar-refractivity contribution in [2.45, 2.75) is 26.4 Å². The van der Waals surface area contributed by atoms with Gasteiger partial charge in [-0.1, -0.05) is 13.8 Å². The third kappa shape index (κ3) is 3.10. The lowest BCUT2D eigenvalue weighted by Gasteiger charge is -2.04. The molecule has 0 aliphatic heterocycles. The van der Waals surface area contributed by atoms with Crippen LogP contribution in [0.25, 0.3) is 5.69 Å². The molecule has 2 rings (SSSR count). The van der Waals surface area contributed by atoms with Crippen LogP contribution in [-0.2, 0) is 6.54 Å². The predicted octanol–water partition coefficient (Wildman–Crippen LogP) is 1.90. The molecule has 1 aromatic heterocycles. The van der Waals surface area contributed by atoms with Crippen LogP contribution >= 0.6 is 0 Å². The standard InChI is InChI=1S/C12H15FN4/c1-9(2)14-7-11-8-15-17(16-11)12-5-3-10(13)4-6-12/h3-6,8-9,14H,7H2,1-2H3. The molecule has 0 bridgehead atoms. The van der Waals surface area contributed by atoms with E-state index in [-0.39, 0.29) is 5.82 Å². The van der Waals surface area contributed by atoms with Crippen LogP contribution in [0.15, 0.2) is 30.5 Å². The maximum Gasteiger partial charge on any atom is 0.123 e. The van der Waals surface area contributed by atoms with Gasteiger partial charge in [0, 0.05) is 12.6 Å². The van der Waals surface area contributed by atoms with Gasteiger partial charge in [0.1, 0.15) is 5.82 Å². The molecule has 90 valence electrons. The summed E-state index contributed by atoms with van der Waals surface area (Å²) in [6.45, 7) is 4.83. The van der Waals surface area contributed by atoms with Gasteiger partial charge in [0.2, 0.25) is 0 Å². The summed E-state index contributed by atoms with van der Waals surface area (Å²) in [4.78, 5) is 1.50. The van der Waals surface area contributed by atoms with Crippen molar-refractivity contribution in [1.82, 2.24) is 20.3 Å². The van der Waals surface area contributed by atoms with E-state index in [1.807, 2.05) is 0 Å². The number of nitrogens with one attached hydrogen (secondary N) is 1. The van der Waals surface area contributed by atoms with E-state index in [0.717, 1.165) is 11.4 Å². The molecular formula is C12H15FN4. The minimum atomic E-state index is -0.261. The number of halogens is 1. The van der Waals surface area contributed by atoms with Crippen LogP contribution in [0.4, 0.5) is 4.39 Å². The molecule has 0 aliphatic carbocycles. The number of hydrogen-bond acceptors (Lipinski definition) is 3. The topological polar surface area (TPSA) is 42.7 Å². The zero-order valence-electron chi connectivity index (χ0n) is 9.89. The molecule has 0 aliphatic rings. The molecule has 0 unspecified atom stereocenters. The fourth-order valence-corrected chi connectivity index (χ4v) is 1.38. The molecule has 5 heteroatoms. The first-order chi connectivity index (χ1) is 8.15. The Morgan fingerprint density at radius 1 is 1.29 bits per heavy atom. The molecule has 0 fully saturated rings. The summed E-state index contributed by atoms with van der Waals surface area (Å²) in [5.74, 6) is -0.261. The second kappa shape index (κ2) is 5.05. The first kappa shape index (κ1) is 11.7. The van der Waals surface area contributed by atoms with E-state index >= 15 is 0 Å². The number of aromatic nitrogens is 3. The van der Waals surface area contributed by atoms with Crippen LogP contribution in [0.1, 0.15) is 19.5 Å². The van der Waals surface area contributed by atoms with Crippen molar-refractivity contribution < 1.29 is 4.39 Å². The largest absolute Gasteiger partial charge is 0.309 e. The smallest absolute Gasteiger partial charge is 0.123 e. The minimum Gasteiger partial charge on any atom is -0.309 e. The lowest BCUT2D eigenvalue weighted by atomic mass is 10.3. The fourth-order valence-electron chi connectivity index (χ4n) is 1.38. The van der Waals surface area contributed by atoms with Crippen LogP contribution in [0.3, 0.4) is 0 Å². The van der Waals surface area contributed by atoms with E-state index in [1.54, 1.807) is 18.3 Å². The quantitative estimate of drug-likeness (QED) is 0.878. The summed E-state index contributed by atoms with van der Waals surface area (Å²) < 4.78 is 12.8. The highest BCUT2D eigenvalue weighted by atomic mass is 19.1. The van der Waals surface area contributed by atoms with Crippen LogP contribution < -0.4 is 5.32 Å². The average molecular weight is 234 g/mol. The van der Waals surface area contributed by atoms with Crippen LogP contribution in [0.2, 0.25) is 0 Å². The molecule has 0 amide bonds. The Morgan fingerprint density at radius 3 is 2.65 bits per heavy atom. The molecule has 0 saturated carbocycles. The normalized spacial score (nSPS) is 11.1. The van der Waals surface area contributed by atoms with Crippen LogP contribution in [0, 0.1) is 5.82 Å². The third-order valence-corrected chi connectivity index (χ3v) is 2.29. The molecule has 0 atom stereocenters. The monoisotopic (exact) mass is 234 g/mol. The second-order valence-corrected chi connectivity index (χ2v) is 4.14. The molecule has 4 nitrogen and oxygen atoms in total. The van der Waals surface area contributed by atoms with Crippen molar-refractivity contribution in [3.8, 4) is 5.69 Å². The van der Waals surface area contributed by atoms with Crippen molar-refractivity contribution in [1.29, 1.82) is 0 Å². The summed E-state index contributed by atoms with van der Waals surface area (Å²) in [5, 5.41) is 11.7. The summed E-state index contributed by atoms with van der Waals surface area (Å²) in [7, 11) is 0. The lowest BCUT2D eigenvalue weighted by molar-refractivity contribution is 0.577. The molecule has 1 N–H and O–H groups in total. The van der Waals surface area contributed by atoms with Gasteiger partial charge in [-0.05, 0) is 24.3 Å². The van der Waals surface area contributed by atoms with E-state index in [0.29, 0.717) is 12.6 Å². The highest BCUT2D eigenvalue weighted by Gasteiger charge is 2.03. The Balaban J connectivity index is 2.10. The van der Waals surface area contributed by atoms with E-state index in [9.17, 15) is 4.39 Å². The highest BCUT2D eigenvalue weighted by molar-refractivity contribution is 5.29. The predicted molar refractivity (Wildman–Crippen MR) is 63.3 cm³/mol. The first-order valence-electron chi connectivity index (χ1n) is 5.55. The zero-order valence-corrected chi connectivity index (χ0v) is 9.89. The van der Waals surface area contributed by atoms with Gasteiger partial charge in [0.25, 0.3) is 0 Å². The fraction of sp³-hybridized carbons (Fsp3) is 0.333. The van der Waals surface area contributed by atoms with E-state index in [2.05, 4.69) is 29.4 Å². The Labute approximate surface area is 99.5 Å². The maximum absolute atomic E-state index is 12.8. The lowest BCUT2D eigenvalue weighted by Crippen LogP contribution is -2.22. The molecule has 0 radical (unpaired) electrons. The highest BCUT2D eigenvalue weighted by Crippen LogP contribution is 2.06. The Hall–Kier alpha value is -1.75. The van der Waals surface area contributed by atoms with Crippen molar-refractivity contribution >= 4 is 0 Å². The van der Waals surface area contributed by atoms with E-state index < -0.39 is 0 Å². The zero-order chi connectivity index (χ0) is 12.3. The molecule has 1 heterocycles. The second-order valence-electron chi connectivity index (χ2n) is 4.14. The molecular weight excluding hydrogens is 219 g/mol. The van der Waals surface area contributed by atoms with Gasteiger partial charge in [-0.25, -0.2) is 4.39 Å². The van der Waals surface area contributed by atoms with Gasteiger partial charge in [-0.2, -0.15) is 15.0 Å². The SMILES string of the molecule is CC(C)NCc1cnn(-c2ccc(F)cc2)n1. The molecule has 1 aromatic carbocycles. The molecule has 17 heavy (non-hydrogen) atoms. The summed E-state index contributed by atoms with van der Waals surface area (Å²) >= 11 is 0. The maximum atomic E-state index is 12.8. The number of nitrogens with zero attached hydrogens (tertiary/aromatic N) is 3.